The monoisotopic (exact) mass is 629 g/mol. The number of hydrogen-bond donors (Lipinski definition) is 1. The number of ether oxygens (including phenoxy) is 3. The largest absolute Gasteiger partial charge is 0.488 e. The summed E-state index contributed by atoms with van der Waals surface area (Å²) in [5.41, 5.74) is 5.32. The number of esters is 1. The molecule has 1 amide bonds. The molecule has 2 aliphatic rings. The van der Waals surface area contributed by atoms with Crippen molar-refractivity contribution >= 4 is 62.2 Å². The summed E-state index contributed by atoms with van der Waals surface area (Å²) in [6, 6.07) is 5.69. The summed E-state index contributed by atoms with van der Waals surface area (Å²) in [5, 5.41) is 2.62. The van der Waals surface area contributed by atoms with Crippen LogP contribution in [0.4, 0.5) is 0 Å². The van der Waals surface area contributed by atoms with E-state index in [0.29, 0.717) is 27.3 Å². The summed E-state index contributed by atoms with van der Waals surface area (Å²) in [5.74, 6) is 1.72. The summed E-state index contributed by atoms with van der Waals surface area (Å²) >= 11 is 9.91. The van der Waals surface area contributed by atoms with Gasteiger partial charge >= 0.3 is 5.97 Å². The first-order valence-electron chi connectivity index (χ1n) is 12.7. The van der Waals surface area contributed by atoms with Crippen LogP contribution in [0.1, 0.15) is 61.4 Å². The van der Waals surface area contributed by atoms with Crippen LogP contribution in [0.2, 0.25) is 0 Å². The molecule has 1 unspecified atom stereocenters. The minimum atomic E-state index is -0.535. The van der Waals surface area contributed by atoms with Crippen molar-refractivity contribution < 1.29 is 23.8 Å². The SMILES string of the molecule is CC(C)=CCC(=O)Oc1c(C)c(C)c2c(c1C)CCC(C)(COc1ccc(/C=C3\SC(=S)NC3=O)cc1Br)O2. The molecule has 0 aliphatic carbocycles. The molecule has 2 aromatic carbocycles. The van der Waals surface area contributed by atoms with Crippen LogP contribution in [0, 0.1) is 20.8 Å². The standard InChI is InChI=1S/C30H32BrNO5S2/c1-16(2)7-10-25(33)36-26-17(3)18(4)27-21(19(26)5)11-12-30(6,37-27)15-35-23-9-8-20(13-22(23)31)14-24-28(34)32-29(38)39-24/h7-9,13-14H,10-12,15H2,1-6H3,(H,32,34,38)/b24-14-. The van der Waals surface area contributed by atoms with E-state index >= 15 is 0 Å². The van der Waals surface area contributed by atoms with Gasteiger partial charge in [-0.1, -0.05) is 41.7 Å². The molecule has 39 heavy (non-hydrogen) atoms. The zero-order valence-electron chi connectivity index (χ0n) is 23.0. The lowest BCUT2D eigenvalue weighted by Gasteiger charge is -2.38. The van der Waals surface area contributed by atoms with Gasteiger partial charge in [-0.3, -0.25) is 9.59 Å². The number of benzene rings is 2. The van der Waals surface area contributed by atoms with Crippen molar-refractivity contribution in [2.24, 2.45) is 0 Å². The highest BCUT2D eigenvalue weighted by molar-refractivity contribution is 9.10. The van der Waals surface area contributed by atoms with Crippen LogP contribution >= 0.6 is 39.9 Å². The predicted molar refractivity (Wildman–Crippen MR) is 164 cm³/mol. The molecular formula is C30H32BrNO5S2. The first kappa shape index (κ1) is 29.4. The van der Waals surface area contributed by atoms with Crippen LogP contribution < -0.4 is 19.5 Å². The molecule has 2 heterocycles. The Hall–Kier alpha value is -2.62. The first-order valence-corrected chi connectivity index (χ1v) is 14.7. The number of nitrogens with one attached hydrogen (secondary N) is 1. The lowest BCUT2D eigenvalue weighted by molar-refractivity contribution is -0.133. The Kier molecular flexibility index (Phi) is 8.93. The fourth-order valence-corrected chi connectivity index (χ4v) is 6.06. The average Bonchev–Trinajstić information content (AvgIpc) is 3.19. The number of fused-ring (bicyclic) bond motifs is 1. The molecular weight excluding hydrogens is 598 g/mol. The van der Waals surface area contributed by atoms with Gasteiger partial charge in [0.2, 0.25) is 0 Å². The number of allylic oxidation sites excluding steroid dienone is 1. The Morgan fingerprint density at radius 3 is 2.62 bits per heavy atom. The van der Waals surface area contributed by atoms with Crippen molar-refractivity contribution in [1.82, 2.24) is 5.32 Å². The molecule has 1 atom stereocenters. The fraction of sp³-hybridized carbons (Fsp3) is 0.367. The minimum absolute atomic E-state index is 0.182. The second-order valence-electron chi connectivity index (χ2n) is 10.4. The third-order valence-electron chi connectivity index (χ3n) is 6.88. The van der Waals surface area contributed by atoms with Gasteiger partial charge in [0.05, 0.1) is 15.8 Å². The quantitative estimate of drug-likeness (QED) is 0.113. The van der Waals surface area contributed by atoms with Gasteiger partial charge in [-0.05, 0) is 111 Å². The van der Waals surface area contributed by atoms with Crippen LogP contribution in [0.15, 0.2) is 39.2 Å². The third kappa shape index (κ3) is 6.76. The van der Waals surface area contributed by atoms with Gasteiger partial charge in [-0.2, -0.15) is 0 Å². The van der Waals surface area contributed by atoms with Crippen molar-refractivity contribution in [1.29, 1.82) is 0 Å². The van der Waals surface area contributed by atoms with E-state index in [2.05, 4.69) is 28.2 Å². The van der Waals surface area contributed by atoms with Crippen molar-refractivity contribution in [3.63, 3.8) is 0 Å². The molecule has 1 fully saturated rings. The number of rotatable bonds is 7. The Bertz CT molecular complexity index is 1430. The van der Waals surface area contributed by atoms with Gasteiger partial charge in [0.25, 0.3) is 5.91 Å². The highest BCUT2D eigenvalue weighted by Gasteiger charge is 2.36. The lowest BCUT2D eigenvalue weighted by atomic mass is 9.87. The van der Waals surface area contributed by atoms with Crippen LogP contribution in [0.25, 0.3) is 6.08 Å². The third-order valence-corrected chi connectivity index (χ3v) is 8.67. The Labute approximate surface area is 247 Å². The van der Waals surface area contributed by atoms with Gasteiger partial charge in [-0.15, -0.1) is 0 Å². The van der Waals surface area contributed by atoms with E-state index in [-0.39, 0.29) is 18.3 Å². The van der Waals surface area contributed by atoms with Crippen molar-refractivity contribution in [2.45, 2.75) is 66.4 Å². The normalized spacial score (nSPS) is 19.3. The average molecular weight is 631 g/mol. The molecule has 1 N–H and O–H groups in total. The first-order chi connectivity index (χ1) is 18.4. The van der Waals surface area contributed by atoms with Gasteiger partial charge in [0.15, 0.2) is 0 Å². The van der Waals surface area contributed by atoms with Gasteiger partial charge in [0, 0.05) is 5.56 Å². The van der Waals surface area contributed by atoms with E-state index in [1.165, 1.54) is 11.8 Å². The van der Waals surface area contributed by atoms with E-state index in [0.717, 1.165) is 56.5 Å². The van der Waals surface area contributed by atoms with E-state index < -0.39 is 5.60 Å². The maximum absolute atomic E-state index is 12.4. The van der Waals surface area contributed by atoms with Crippen LogP contribution in [0.5, 0.6) is 17.2 Å². The molecule has 0 spiro atoms. The van der Waals surface area contributed by atoms with Crippen LogP contribution in [-0.2, 0) is 16.0 Å². The smallest absolute Gasteiger partial charge is 0.315 e. The molecule has 2 aromatic rings. The molecule has 206 valence electrons. The molecule has 0 radical (unpaired) electrons. The zero-order chi connectivity index (χ0) is 28.5. The van der Waals surface area contributed by atoms with Crippen molar-refractivity contribution in [3.05, 3.63) is 67.0 Å². The molecule has 1 saturated heterocycles. The summed E-state index contributed by atoms with van der Waals surface area (Å²) < 4.78 is 19.8. The van der Waals surface area contributed by atoms with Gasteiger partial charge in [-0.25, -0.2) is 0 Å². The summed E-state index contributed by atoms with van der Waals surface area (Å²) in [6.07, 6.45) is 5.47. The number of carbonyl (C=O) groups excluding carboxylic acids is 2. The van der Waals surface area contributed by atoms with Gasteiger partial charge in [0.1, 0.15) is 33.8 Å². The Morgan fingerprint density at radius 2 is 1.97 bits per heavy atom. The van der Waals surface area contributed by atoms with Crippen LogP contribution in [-0.4, -0.2) is 28.4 Å². The molecule has 0 bridgehead atoms. The highest BCUT2D eigenvalue weighted by atomic mass is 79.9. The summed E-state index contributed by atoms with van der Waals surface area (Å²) in [4.78, 5) is 25.0. The van der Waals surface area contributed by atoms with E-state index in [1.54, 1.807) is 6.08 Å². The number of thioether (sulfide) groups is 1. The zero-order valence-corrected chi connectivity index (χ0v) is 26.2. The van der Waals surface area contributed by atoms with Crippen molar-refractivity contribution in [2.75, 3.05) is 6.61 Å². The van der Waals surface area contributed by atoms with E-state index in [9.17, 15) is 9.59 Å². The molecule has 6 nitrogen and oxygen atoms in total. The van der Waals surface area contributed by atoms with E-state index in [1.807, 2.05) is 58.9 Å². The maximum Gasteiger partial charge on any atom is 0.315 e. The maximum atomic E-state index is 12.4. The number of halogens is 1. The number of amides is 1. The van der Waals surface area contributed by atoms with Crippen molar-refractivity contribution in [3.8, 4) is 17.2 Å². The summed E-state index contributed by atoms with van der Waals surface area (Å²) in [7, 11) is 0. The number of carbonyl (C=O) groups is 2. The van der Waals surface area contributed by atoms with E-state index in [4.69, 9.17) is 26.4 Å². The molecule has 0 aromatic heterocycles. The molecule has 0 saturated carbocycles. The second kappa shape index (κ2) is 11.9. The topological polar surface area (TPSA) is 73.9 Å². The fourth-order valence-electron chi connectivity index (χ4n) is 4.51. The molecule has 9 heteroatoms. The minimum Gasteiger partial charge on any atom is -0.488 e. The molecule has 2 aliphatic heterocycles. The Balaban J connectivity index is 1.47. The highest BCUT2D eigenvalue weighted by Crippen LogP contribution is 2.44. The lowest BCUT2D eigenvalue weighted by Crippen LogP contribution is -2.42. The van der Waals surface area contributed by atoms with Gasteiger partial charge < -0.3 is 19.5 Å². The number of hydrogen-bond acceptors (Lipinski definition) is 7. The molecule has 4 rings (SSSR count). The van der Waals surface area contributed by atoms with Crippen LogP contribution in [0.3, 0.4) is 0 Å². The number of thiocarbonyl (C=S) groups is 1. The second-order valence-corrected chi connectivity index (χ2v) is 12.9. The summed E-state index contributed by atoms with van der Waals surface area (Å²) in [6.45, 7) is 12.3. The predicted octanol–water partition coefficient (Wildman–Crippen LogP) is 7.29. The Morgan fingerprint density at radius 1 is 1.23 bits per heavy atom.